The van der Waals surface area contributed by atoms with Gasteiger partial charge in [0, 0.05) is 0 Å². The van der Waals surface area contributed by atoms with Crippen molar-refractivity contribution in [1.29, 1.82) is 0 Å². The van der Waals surface area contributed by atoms with E-state index in [0.29, 0.717) is 0 Å². The van der Waals surface area contributed by atoms with Crippen LogP contribution in [0.3, 0.4) is 0 Å². The highest BCUT2D eigenvalue weighted by atomic mass is 16.3. The van der Waals surface area contributed by atoms with E-state index < -0.39 is 0 Å². The van der Waals surface area contributed by atoms with Gasteiger partial charge in [0.2, 0.25) is 11.8 Å². The van der Waals surface area contributed by atoms with E-state index in [2.05, 4.69) is 0 Å². The van der Waals surface area contributed by atoms with E-state index in [4.69, 9.17) is 5.11 Å². The van der Waals surface area contributed by atoms with Gasteiger partial charge in [-0.15, -0.1) is 0 Å². The summed E-state index contributed by atoms with van der Waals surface area (Å²) in [5.41, 5.74) is 0. The number of hydrogen-bond donors (Lipinski definition) is 1. The van der Waals surface area contributed by atoms with Crippen LogP contribution in [0.5, 0.6) is 0 Å². The van der Waals surface area contributed by atoms with Crippen molar-refractivity contribution < 1.29 is 14.7 Å². The summed E-state index contributed by atoms with van der Waals surface area (Å²) in [7, 11) is 0. The number of fused-ring (bicyclic) bond motifs is 1. The van der Waals surface area contributed by atoms with Crippen molar-refractivity contribution in [3.05, 3.63) is 0 Å². The number of likely N-dealkylation sites (tertiary alicyclic amines) is 1. The number of aliphatic hydroxyl groups excluding tert-OH is 1. The number of amides is 2. The summed E-state index contributed by atoms with van der Waals surface area (Å²) < 4.78 is 0. The van der Waals surface area contributed by atoms with Gasteiger partial charge in [-0.1, -0.05) is 0 Å². The van der Waals surface area contributed by atoms with Gasteiger partial charge in [0.05, 0.1) is 25.0 Å². The van der Waals surface area contributed by atoms with Gasteiger partial charge in [-0.25, -0.2) is 0 Å². The topological polar surface area (TPSA) is 57.6 Å². The monoisotopic (exact) mass is 169 g/mol. The molecule has 1 aliphatic carbocycles. The summed E-state index contributed by atoms with van der Waals surface area (Å²) in [6, 6.07) is 0. The molecule has 0 aromatic rings. The van der Waals surface area contributed by atoms with E-state index in [0.717, 1.165) is 12.8 Å². The molecule has 4 nitrogen and oxygen atoms in total. The maximum Gasteiger partial charge on any atom is 0.233 e. The minimum absolute atomic E-state index is 0.0518. The first-order valence-corrected chi connectivity index (χ1v) is 4.22. The van der Waals surface area contributed by atoms with E-state index in [9.17, 15) is 9.59 Å². The van der Waals surface area contributed by atoms with Crippen molar-refractivity contribution in [3.8, 4) is 0 Å². The van der Waals surface area contributed by atoms with Gasteiger partial charge in [-0.3, -0.25) is 14.5 Å². The van der Waals surface area contributed by atoms with Gasteiger partial charge in [0.1, 0.15) is 0 Å². The normalized spacial score (nSPS) is 33.6. The zero-order chi connectivity index (χ0) is 8.72. The van der Waals surface area contributed by atoms with E-state index in [1.165, 1.54) is 4.90 Å². The number of hydrogen-bond acceptors (Lipinski definition) is 3. The van der Waals surface area contributed by atoms with Crippen LogP contribution in [0.25, 0.3) is 0 Å². The molecular weight excluding hydrogens is 158 g/mol. The third-order valence-corrected chi connectivity index (χ3v) is 2.76. The molecule has 0 aromatic heterocycles. The van der Waals surface area contributed by atoms with Crippen LogP contribution < -0.4 is 0 Å². The molecule has 1 N–H and O–H groups in total. The third kappa shape index (κ3) is 0.813. The molecule has 66 valence electrons. The maximum absolute atomic E-state index is 11.4. The van der Waals surface area contributed by atoms with Crippen molar-refractivity contribution in [2.45, 2.75) is 12.8 Å². The number of rotatable bonds is 2. The predicted octanol–water partition coefficient (Wildman–Crippen LogP) is -0.626. The Labute approximate surface area is 70.2 Å². The molecule has 2 atom stereocenters. The van der Waals surface area contributed by atoms with Crippen LogP contribution in [0.1, 0.15) is 12.8 Å². The minimum Gasteiger partial charge on any atom is -0.395 e. The van der Waals surface area contributed by atoms with E-state index in [1.54, 1.807) is 0 Å². The molecule has 4 heteroatoms. The van der Waals surface area contributed by atoms with E-state index >= 15 is 0 Å². The Morgan fingerprint density at radius 2 is 1.75 bits per heavy atom. The largest absolute Gasteiger partial charge is 0.395 e. The van der Waals surface area contributed by atoms with Crippen molar-refractivity contribution in [2.24, 2.45) is 11.8 Å². The second-order valence-electron chi connectivity index (χ2n) is 3.34. The van der Waals surface area contributed by atoms with E-state index in [1.807, 2.05) is 0 Å². The zero-order valence-electron chi connectivity index (χ0n) is 6.69. The number of β-amino-alcohol motifs (C(OH)–C–C–N with tert-alkyl or cyclic N) is 1. The van der Waals surface area contributed by atoms with Crippen molar-refractivity contribution in [2.75, 3.05) is 13.2 Å². The lowest BCUT2D eigenvalue weighted by atomic mass is 9.76. The third-order valence-electron chi connectivity index (χ3n) is 2.76. The number of aliphatic hydroxyl groups is 1. The molecule has 2 amide bonds. The quantitative estimate of drug-likeness (QED) is 0.560. The zero-order valence-corrected chi connectivity index (χ0v) is 6.69. The lowest BCUT2D eigenvalue weighted by Crippen LogP contribution is -2.32. The molecule has 0 radical (unpaired) electrons. The fourth-order valence-electron chi connectivity index (χ4n) is 1.92. The molecule has 2 aliphatic rings. The second kappa shape index (κ2) is 2.55. The molecule has 2 unspecified atom stereocenters. The smallest absolute Gasteiger partial charge is 0.233 e. The molecule has 1 saturated carbocycles. The van der Waals surface area contributed by atoms with Gasteiger partial charge in [0.25, 0.3) is 0 Å². The Hall–Kier alpha value is -0.900. The molecule has 2 fully saturated rings. The summed E-state index contributed by atoms with van der Waals surface area (Å²) in [5.74, 6) is -0.260. The Morgan fingerprint density at radius 1 is 1.25 bits per heavy atom. The Balaban J connectivity index is 2.14. The molecule has 1 saturated heterocycles. The number of carbonyl (C=O) groups is 2. The summed E-state index contributed by atoms with van der Waals surface area (Å²) in [6.45, 7) is 0.0432. The van der Waals surface area contributed by atoms with E-state index in [-0.39, 0.29) is 36.8 Å². The van der Waals surface area contributed by atoms with Gasteiger partial charge in [-0.2, -0.15) is 0 Å². The Bertz CT molecular complexity index is 216. The van der Waals surface area contributed by atoms with Gasteiger partial charge >= 0.3 is 0 Å². The van der Waals surface area contributed by atoms with Crippen LogP contribution in [-0.4, -0.2) is 35.0 Å². The molecule has 1 heterocycles. The first-order valence-electron chi connectivity index (χ1n) is 4.22. The minimum atomic E-state index is -0.128. The first-order chi connectivity index (χ1) is 5.75. The molecule has 0 spiro atoms. The highest BCUT2D eigenvalue weighted by molar-refractivity contribution is 6.06. The molecule has 12 heavy (non-hydrogen) atoms. The van der Waals surface area contributed by atoms with Crippen LogP contribution in [0, 0.1) is 11.8 Å². The first kappa shape index (κ1) is 7.73. The fraction of sp³-hybridized carbons (Fsp3) is 0.750. The molecule has 0 bridgehead atoms. The van der Waals surface area contributed by atoms with Crippen molar-refractivity contribution >= 4 is 11.8 Å². The van der Waals surface area contributed by atoms with Gasteiger partial charge < -0.3 is 5.11 Å². The molecular formula is C8H11NO3. The summed E-state index contributed by atoms with van der Waals surface area (Å²) in [4.78, 5) is 23.9. The van der Waals surface area contributed by atoms with Crippen LogP contribution >= 0.6 is 0 Å². The van der Waals surface area contributed by atoms with Gasteiger partial charge in [-0.05, 0) is 12.8 Å². The number of nitrogens with zero attached hydrogens (tertiary/aromatic N) is 1. The molecule has 2 rings (SSSR count). The maximum atomic E-state index is 11.4. The summed E-state index contributed by atoms with van der Waals surface area (Å²) in [5, 5.41) is 8.61. The lowest BCUT2D eigenvalue weighted by molar-refractivity contribution is -0.139. The second-order valence-corrected chi connectivity index (χ2v) is 3.34. The molecule has 1 aliphatic heterocycles. The predicted molar refractivity (Wildman–Crippen MR) is 40.0 cm³/mol. The van der Waals surface area contributed by atoms with Crippen molar-refractivity contribution in [3.63, 3.8) is 0 Å². The summed E-state index contributed by atoms with van der Waals surface area (Å²) >= 11 is 0. The highest BCUT2D eigenvalue weighted by Crippen LogP contribution is 2.42. The van der Waals surface area contributed by atoms with Crippen molar-refractivity contribution in [1.82, 2.24) is 4.90 Å². The molecule has 0 aromatic carbocycles. The SMILES string of the molecule is O=C1C2CCC2C(=O)N1CCO. The van der Waals surface area contributed by atoms with Gasteiger partial charge in [0.15, 0.2) is 0 Å². The lowest BCUT2D eigenvalue weighted by Gasteiger charge is -2.24. The highest BCUT2D eigenvalue weighted by Gasteiger charge is 2.52. The van der Waals surface area contributed by atoms with Crippen LogP contribution in [0.15, 0.2) is 0 Å². The van der Waals surface area contributed by atoms with Crippen LogP contribution in [0.2, 0.25) is 0 Å². The van der Waals surface area contributed by atoms with Crippen LogP contribution in [0.4, 0.5) is 0 Å². The summed E-state index contributed by atoms with van der Waals surface area (Å²) in [6.07, 6.45) is 1.69. The standard InChI is InChI=1S/C8H11NO3/c10-4-3-9-7(11)5-1-2-6(5)8(9)12/h5-6,10H,1-4H2. The Morgan fingerprint density at radius 3 is 2.08 bits per heavy atom. The number of imide groups is 1. The van der Waals surface area contributed by atoms with Crippen LogP contribution in [-0.2, 0) is 9.59 Å². The average molecular weight is 169 g/mol. The average Bonchev–Trinajstić information content (AvgIpc) is 2.09. The number of carbonyl (C=O) groups excluding carboxylic acids is 2. The Kier molecular flexibility index (Phi) is 1.65. The fourth-order valence-corrected chi connectivity index (χ4v) is 1.92.